The summed E-state index contributed by atoms with van der Waals surface area (Å²) in [4.78, 5) is 0. The molecule has 0 saturated heterocycles. The molecule has 0 radical (unpaired) electrons. The lowest BCUT2D eigenvalue weighted by molar-refractivity contribution is 0.0934. The fraction of sp³-hybridized carbons (Fsp3) is 0.286. The van der Waals surface area contributed by atoms with E-state index in [4.69, 9.17) is 9.84 Å². The fourth-order valence-corrected chi connectivity index (χ4v) is 2.34. The van der Waals surface area contributed by atoms with Gasteiger partial charge in [0.25, 0.3) is 0 Å². The Labute approximate surface area is 153 Å². The van der Waals surface area contributed by atoms with E-state index in [1.54, 1.807) is 18.2 Å². The van der Waals surface area contributed by atoms with Gasteiger partial charge >= 0.3 is 0 Å². The maximum absolute atomic E-state index is 10.2. The molecular formula is C21H24O5. The summed E-state index contributed by atoms with van der Waals surface area (Å²) < 4.78 is 5.67. The van der Waals surface area contributed by atoms with Crippen LogP contribution in [0.15, 0.2) is 72.0 Å². The molecule has 0 heterocycles. The molecule has 0 amide bonds. The van der Waals surface area contributed by atoms with E-state index in [1.807, 2.05) is 30.3 Å². The van der Waals surface area contributed by atoms with E-state index in [0.717, 1.165) is 0 Å². The van der Waals surface area contributed by atoms with Crippen molar-refractivity contribution >= 4 is 0 Å². The Balaban J connectivity index is 2.02. The first kappa shape index (κ1) is 19.8. The number of ether oxygens (including phenoxy) is 1. The molecule has 26 heavy (non-hydrogen) atoms. The Kier molecular flexibility index (Phi) is 7.93. The number of hydrogen-bond acceptors (Lipinski definition) is 5. The van der Waals surface area contributed by atoms with Gasteiger partial charge in [0, 0.05) is 18.4 Å². The van der Waals surface area contributed by atoms with E-state index in [0.29, 0.717) is 23.3 Å². The number of benzene rings is 2. The summed E-state index contributed by atoms with van der Waals surface area (Å²) in [5.74, 6) is 0.851. The van der Waals surface area contributed by atoms with Gasteiger partial charge in [-0.15, -0.1) is 5.73 Å². The van der Waals surface area contributed by atoms with Crippen LogP contribution in [0.25, 0.3) is 0 Å². The molecule has 2 rings (SSSR count). The molecule has 4 N–H and O–H groups in total. The SMILES string of the molecule is OC[C@H](O)CC(=C=CC[C@@H](O)c1ccc(O)cc1)COc1ccccc1. The van der Waals surface area contributed by atoms with Gasteiger partial charge in [0.2, 0.25) is 0 Å². The minimum atomic E-state index is -0.882. The Morgan fingerprint density at radius 3 is 2.38 bits per heavy atom. The van der Waals surface area contributed by atoms with Crippen molar-refractivity contribution in [2.24, 2.45) is 0 Å². The topological polar surface area (TPSA) is 90.2 Å². The third kappa shape index (κ3) is 6.75. The molecular weight excluding hydrogens is 332 g/mol. The van der Waals surface area contributed by atoms with Gasteiger partial charge in [-0.05, 0) is 35.9 Å². The van der Waals surface area contributed by atoms with Gasteiger partial charge in [-0.2, -0.15) is 0 Å². The van der Waals surface area contributed by atoms with E-state index < -0.39 is 12.2 Å². The van der Waals surface area contributed by atoms with Crippen LogP contribution in [0, 0.1) is 0 Å². The average Bonchev–Trinajstić information content (AvgIpc) is 2.67. The number of aliphatic hydroxyl groups excluding tert-OH is 3. The summed E-state index contributed by atoms with van der Waals surface area (Å²) in [6.07, 6.45) is 0.643. The van der Waals surface area contributed by atoms with Crippen LogP contribution in [0.1, 0.15) is 24.5 Å². The second kappa shape index (κ2) is 10.4. The average molecular weight is 356 g/mol. The van der Waals surface area contributed by atoms with Crippen LogP contribution in [0.5, 0.6) is 11.5 Å². The summed E-state index contributed by atoms with van der Waals surface area (Å²) in [5.41, 5.74) is 4.43. The highest BCUT2D eigenvalue weighted by Gasteiger charge is 2.08. The molecule has 0 bridgehead atoms. The third-order valence-corrected chi connectivity index (χ3v) is 3.77. The molecule has 0 unspecified atom stereocenters. The number of phenolic OH excluding ortho intramolecular Hbond substituents is 1. The Hall–Kier alpha value is -2.56. The van der Waals surface area contributed by atoms with Gasteiger partial charge in [-0.3, -0.25) is 0 Å². The predicted molar refractivity (Wildman–Crippen MR) is 98.9 cm³/mol. The molecule has 0 aromatic heterocycles. The smallest absolute Gasteiger partial charge is 0.119 e. The monoisotopic (exact) mass is 356 g/mol. The lowest BCUT2D eigenvalue weighted by Crippen LogP contribution is -2.15. The van der Waals surface area contributed by atoms with Crippen LogP contribution in [0.4, 0.5) is 0 Å². The Morgan fingerprint density at radius 1 is 1.04 bits per heavy atom. The van der Waals surface area contributed by atoms with Crippen molar-refractivity contribution in [1.82, 2.24) is 0 Å². The van der Waals surface area contributed by atoms with Crippen molar-refractivity contribution in [2.45, 2.75) is 25.0 Å². The summed E-state index contributed by atoms with van der Waals surface area (Å²) >= 11 is 0. The highest BCUT2D eigenvalue weighted by Crippen LogP contribution is 2.20. The number of hydrogen-bond donors (Lipinski definition) is 4. The lowest BCUT2D eigenvalue weighted by atomic mass is 10.1. The molecule has 0 aliphatic rings. The van der Waals surface area contributed by atoms with Crippen molar-refractivity contribution in [3.05, 3.63) is 77.5 Å². The van der Waals surface area contributed by atoms with Crippen LogP contribution in [0.3, 0.4) is 0 Å². The zero-order chi connectivity index (χ0) is 18.8. The van der Waals surface area contributed by atoms with E-state index in [-0.39, 0.29) is 25.4 Å². The number of phenols is 1. The molecule has 0 fully saturated rings. The second-order valence-corrected chi connectivity index (χ2v) is 5.94. The number of aromatic hydroxyl groups is 1. The number of aliphatic hydroxyl groups is 3. The molecule has 2 atom stereocenters. The fourth-order valence-electron chi connectivity index (χ4n) is 2.34. The predicted octanol–water partition coefficient (Wildman–Crippen LogP) is 2.72. The first-order chi connectivity index (χ1) is 12.6. The van der Waals surface area contributed by atoms with Crippen molar-refractivity contribution in [2.75, 3.05) is 13.2 Å². The zero-order valence-electron chi connectivity index (χ0n) is 14.5. The third-order valence-electron chi connectivity index (χ3n) is 3.77. The molecule has 0 spiro atoms. The largest absolute Gasteiger partial charge is 0.508 e. The summed E-state index contributed by atoms with van der Waals surface area (Å²) in [6.45, 7) is -0.112. The van der Waals surface area contributed by atoms with E-state index in [2.05, 4.69) is 5.73 Å². The van der Waals surface area contributed by atoms with Gasteiger partial charge in [-0.1, -0.05) is 30.3 Å². The maximum atomic E-state index is 10.2. The van der Waals surface area contributed by atoms with Gasteiger partial charge in [0.15, 0.2) is 0 Å². The zero-order valence-corrected chi connectivity index (χ0v) is 14.5. The highest BCUT2D eigenvalue weighted by atomic mass is 16.5. The summed E-state index contributed by atoms with van der Waals surface area (Å²) in [6, 6.07) is 15.7. The normalized spacial score (nSPS) is 12.7. The van der Waals surface area contributed by atoms with Gasteiger partial charge < -0.3 is 25.2 Å². The van der Waals surface area contributed by atoms with Gasteiger partial charge in [0.05, 0.1) is 18.8 Å². The van der Waals surface area contributed by atoms with Crippen molar-refractivity contribution < 1.29 is 25.2 Å². The minimum Gasteiger partial charge on any atom is -0.508 e. The molecule has 2 aromatic rings. The van der Waals surface area contributed by atoms with Gasteiger partial charge in [-0.25, -0.2) is 0 Å². The molecule has 5 nitrogen and oxygen atoms in total. The standard InChI is InChI=1S/C21H24O5/c22-14-19(24)13-16(15-26-20-6-2-1-3-7-20)5-4-8-21(25)17-9-11-18(23)12-10-17/h1-4,6-7,9-12,19,21-25H,8,13-15H2/t5?,19-,21-/m1/s1. The quantitative estimate of drug-likeness (QED) is 0.519. The first-order valence-corrected chi connectivity index (χ1v) is 8.45. The molecule has 0 aliphatic carbocycles. The van der Waals surface area contributed by atoms with Gasteiger partial charge in [0.1, 0.15) is 18.1 Å². The van der Waals surface area contributed by atoms with Crippen LogP contribution in [-0.2, 0) is 0 Å². The Morgan fingerprint density at radius 2 is 1.73 bits per heavy atom. The van der Waals surface area contributed by atoms with Crippen molar-refractivity contribution in [1.29, 1.82) is 0 Å². The van der Waals surface area contributed by atoms with E-state index in [9.17, 15) is 15.3 Å². The molecule has 2 aromatic carbocycles. The van der Waals surface area contributed by atoms with Crippen molar-refractivity contribution in [3.8, 4) is 11.5 Å². The molecule has 138 valence electrons. The van der Waals surface area contributed by atoms with Crippen molar-refractivity contribution in [3.63, 3.8) is 0 Å². The summed E-state index contributed by atoms with van der Waals surface area (Å²) in [7, 11) is 0. The first-order valence-electron chi connectivity index (χ1n) is 8.45. The van der Waals surface area contributed by atoms with Crippen LogP contribution in [-0.4, -0.2) is 39.7 Å². The minimum absolute atomic E-state index is 0.148. The maximum Gasteiger partial charge on any atom is 0.119 e. The van der Waals surface area contributed by atoms with Crippen LogP contribution >= 0.6 is 0 Å². The number of para-hydroxylation sites is 1. The molecule has 5 heteroatoms. The summed E-state index contributed by atoms with van der Waals surface area (Å²) in [5, 5.41) is 38.2. The molecule has 0 saturated carbocycles. The van der Waals surface area contributed by atoms with Crippen LogP contribution in [0.2, 0.25) is 0 Å². The van der Waals surface area contributed by atoms with Crippen LogP contribution < -0.4 is 4.74 Å². The second-order valence-electron chi connectivity index (χ2n) is 5.94. The molecule has 0 aliphatic heterocycles. The lowest BCUT2D eigenvalue weighted by Gasteiger charge is -2.11. The van der Waals surface area contributed by atoms with E-state index >= 15 is 0 Å². The highest BCUT2D eigenvalue weighted by molar-refractivity contribution is 5.27. The Bertz CT molecular complexity index is 718. The number of rotatable bonds is 9. The van der Waals surface area contributed by atoms with E-state index in [1.165, 1.54) is 12.1 Å².